The molecule has 0 spiro atoms. The van der Waals surface area contributed by atoms with E-state index >= 15 is 0 Å². The molecule has 1 unspecified atom stereocenters. The summed E-state index contributed by atoms with van der Waals surface area (Å²) < 4.78 is 0. The highest BCUT2D eigenvalue weighted by molar-refractivity contribution is 6.30. The first-order chi connectivity index (χ1) is 15.0. The fourth-order valence-corrected chi connectivity index (χ4v) is 5.23. The van der Waals surface area contributed by atoms with Crippen molar-refractivity contribution in [3.05, 3.63) is 34.9 Å². The highest BCUT2D eigenvalue weighted by Gasteiger charge is 2.41. The van der Waals surface area contributed by atoms with Crippen LogP contribution in [0.2, 0.25) is 5.02 Å². The number of nitrogens with zero attached hydrogens (tertiary/aromatic N) is 2. The van der Waals surface area contributed by atoms with Gasteiger partial charge in [-0.1, -0.05) is 51.4 Å². The fraction of sp³-hybridized carbons (Fsp3) is 0.640. The summed E-state index contributed by atoms with van der Waals surface area (Å²) in [6.07, 6.45) is 1.51. The van der Waals surface area contributed by atoms with E-state index in [-0.39, 0.29) is 35.0 Å². The molecular weight excluding hydrogens is 426 g/mol. The average molecular weight is 462 g/mol. The van der Waals surface area contributed by atoms with Gasteiger partial charge in [-0.3, -0.25) is 14.4 Å². The molecule has 0 bridgehead atoms. The number of piperidine rings is 1. The Morgan fingerprint density at radius 1 is 1.06 bits per heavy atom. The predicted octanol–water partition coefficient (Wildman–Crippen LogP) is 3.69. The molecule has 3 amide bonds. The maximum Gasteiger partial charge on any atom is 0.245 e. The molecule has 2 heterocycles. The van der Waals surface area contributed by atoms with Crippen LogP contribution in [0.3, 0.4) is 0 Å². The number of nitrogens with one attached hydrogen (secondary N) is 1. The van der Waals surface area contributed by atoms with Crippen molar-refractivity contribution < 1.29 is 14.4 Å². The fourth-order valence-electron chi connectivity index (χ4n) is 5.10. The second-order valence-corrected chi connectivity index (χ2v) is 10.8. The normalized spacial score (nSPS) is 23.8. The van der Waals surface area contributed by atoms with Crippen LogP contribution in [0.1, 0.15) is 58.9 Å². The summed E-state index contributed by atoms with van der Waals surface area (Å²) in [5.41, 5.74) is 1.15. The standard InChI is InChI=1S/C25H36ClN3O3/c1-16(2)22(27-23(31)19-10-12-28(14-19)17(3)30)24(32)29-13-11-21(25(4,5)15-29)18-6-8-20(26)9-7-18/h6-9,16,19,21-22H,10-15H2,1-5H3,(H,27,31)/t19-,21?,22-/m1/s1. The highest BCUT2D eigenvalue weighted by atomic mass is 35.5. The van der Waals surface area contributed by atoms with Gasteiger partial charge in [-0.05, 0) is 47.8 Å². The van der Waals surface area contributed by atoms with Gasteiger partial charge in [-0.2, -0.15) is 0 Å². The third-order valence-electron chi connectivity index (χ3n) is 7.05. The molecule has 1 aromatic carbocycles. The first-order valence-corrected chi connectivity index (χ1v) is 12.0. The molecule has 2 fully saturated rings. The predicted molar refractivity (Wildman–Crippen MR) is 126 cm³/mol. The Bertz CT molecular complexity index is 852. The van der Waals surface area contributed by atoms with Crippen LogP contribution < -0.4 is 5.32 Å². The minimum absolute atomic E-state index is 0.0115. The van der Waals surface area contributed by atoms with Gasteiger partial charge in [-0.15, -0.1) is 0 Å². The van der Waals surface area contributed by atoms with Crippen LogP contribution in [0.5, 0.6) is 0 Å². The van der Waals surface area contributed by atoms with Gasteiger partial charge in [-0.25, -0.2) is 0 Å². The van der Waals surface area contributed by atoms with Crippen molar-refractivity contribution in [2.24, 2.45) is 17.3 Å². The summed E-state index contributed by atoms with van der Waals surface area (Å²) in [5.74, 6) is -0.0862. The van der Waals surface area contributed by atoms with Gasteiger partial charge in [0.2, 0.25) is 17.7 Å². The Balaban J connectivity index is 1.66. The third kappa shape index (κ3) is 5.45. The minimum atomic E-state index is -0.559. The Kier molecular flexibility index (Phi) is 7.53. The van der Waals surface area contributed by atoms with E-state index in [1.165, 1.54) is 12.5 Å². The maximum absolute atomic E-state index is 13.5. The largest absolute Gasteiger partial charge is 0.344 e. The van der Waals surface area contributed by atoms with Crippen molar-refractivity contribution in [2.75, 3.05) is 26.2 Å². The molecule has 2 aliphatic rings. The van der Waals surface area contributed by atoms with Crippen molar-refractivity contribution in [3.8, 4) is 0 Å². The Morgan fingerprint density at radius 3 is 2.22 bits per heavy atom. The van der Waals surface area contributed by atoms with E-state index in [9.17, 15) is 14.4 Å². The molecule has 0 aromatic heterocycles. The van der Waals surface area contributed by atoms with Gasteiger partial charge in [0.1, 0.15) is 6.04 Å². The van der Waals surface area contributed by atoms with Crippen molar-refractivity contribution in [2.45, 2.75) is 59.4 Å². The molecule has 7 heteroatoms. The highest BCUT2D eigenvalue weighted by Crippen LogP contribution is 2.42. The second-order valence-electron chi connectivity index (χ2n) is 10.3. The van der Waals surface area contributed by atoms with Crippen molar-refractivity contribution >= 4 is 29.3 Å². The van der Waals surface area contributed by atoms with Gasteiger partial charge in [0.25, 0.3) is 0 Å². The molecule has 176 valence electrons. The molecule has 3 rings (SSSR count). The van der Waals surface area contributed by atoms with Crippen LogP contribution in [0.15, 0.2) is 24.3 Å². The Morgan fingerprint density at radius 2 is 1.69 bits per heavy atom. The Hall–Kier alpha value is -2.08. The molecule has 0 radical (unpaired) electrons. The van der Waals surface area contributed by atoms with E-state index in [1.54, 1.807) is 4.90 Å². The summed E-state index contributed by atoms with van der Waals surface area (Å²) in [6.45, 7) is 12.2. The first-order valence-electron chi connectivity index (χ1n) is 11.6. The summed E-state index contributed by atoms with van der Waals surface area (Å²) >= 11 is 6.06. The maximum atomic E-state index is 13.5. The van der Waals surface area contributed by atoms with E-state index in [0.717, 1.165) is 11.4 Å². The zero-order valence-corrected chi connectivity index (χ0v) is 20.6. The molecule has 3 atom stereocenters. The van der Waals surface area contributed by atoms with E-state index in [1.807, 2.05) is 30.9 Å². The van der Waals surface area contributed by atoms with Crippen LogP contribution in [0.4, 0.5) is 0 Å². The quantitative estimate of drug-likeness (QED) is 0.726. The number of benzene rings is 1. The summed E-state index contributed by atoms with van der Waals surface area (Å²) in [5, 5.41) is 3.73. The summed E-state index contributed by atoms with van der Waals surface area (Å²) in [7, 11) is 0. The van der Waals surface area contributed by atoms with Gasteiger partial charge < -0.3 is 15.1 Å². The van der Waals surface area contributed by atoms with E-state index in [2.05, 4.69) is 31.3 Å². The SMILES string of the molecule is CC(=O)N1CC[C@@H](C(=O)N[C@@H](C(=O)N2CCC(c3ccc(Cl)cc3)C(C)(C)C2)C(C)C)C1. The van der Waals surface area contributed by atoms with Gasteiger partial charge >= 0.3 is 0 Å². The Labute approximate surface area is 196 Å². The van der Waals surface area contributed by atoms with Crippen molar-refractivity contribution in [3.63, 3.8) is 0 Å². The summed E-state index contributed by atoms with van der Waals surface area (Å²) in [4.78, 5) is 41.5. The lowest BCUT2D eigenvalue weighted by Crippen LogP contribution is -2.56. The zero-order chi connectivity index (χ0) is 23.6. The number of halogens is 1. The molecular formula is C25H36ClN3O3. The van der Waals surface area contributed by atoms with E-state index < -0.39 is 6.04 Å². The van der Waals surface area contributed by atoms with Crippen LogP contribution >= 0.6 is 11.6 Å². The lowest BCUT2D eigenvalue weighted by molar-refractivity contribution is -0.141. The van der Waals surface area contributed by atoms with Crippen molar-refractivity contribution in [1.29, 1.82) is 0 Å². The van der Waals surface area contributed by atoms with Gasteiger partial charge in [0.15, 0.2) is 0 Å². The van der Waals surface area contributed by atoms with Crippen LogP contribution in [0.25, 0.3) is 0 Å². The monoisotopic (exact) mass is 461 g/mol. The average Bonchev–Trinajstić information content (AvgIpc) is 3.22. The molecule has 0 saturated carbocycles. The number of amides is 3. The minimum Gasteiger partial charge on any atom is -0.344 e. The van der Waals surface area contributed by atoms with Crippen LogP contribution in [0, 0.1) is 17.3 Å². The number of carbonyl (C=O) groups excluding carboxylic acids is 3. The molecule has 2 saturated heterocycles. The number of likely N-dealkylation sites (tertiary alicyclic amines) is 2. The van der Waals surface area contributed by atoms with E-state index in [0.29, 0.717) is 38.5 Å². The molecule has 32 heavy (non-hydrogen) atoms. The molecule has 6 nitrogen and oxygen atoms in total. The second kappa shape index (κ2) is 9.82. The van der Waals surface area contributed by atoms with Crippen LogP contribution in [-0.4, -0.2) is 59.7 Å². The number of rotatable bonds is 5. The molecule has 0 aliphatic carbocycles. The van der Waals surface area contributed by atoms with Crippen LogP contribution in [-0.2, 0) is 14.4 Å². The van der Waals surface area contributed by atoms with Gasteiger partial charge in [0.05, 0.1) is 5.92 Å². The molecule has 2 aliphatic heterocycles. The molecule has 1 N–H and O–H groups in total. The van der Waals surface area contributed by atoms with Gasteiger partial charge in [0, 0.05) is 38.1 Å². The van der Waals surface area contributed by atoms with Crippen molar-refractivity contribution in [1.82, 2.24) is 15.1 Å². The zero-order valence-electron chi connectivity index (χ0n) is 19.9. The number of hydrogen-bond acceptors (Lipinski definition) is 3. The van der Waals surface area contributed by atoms with E-state index in [4.69, 9.17) is 11.6 Å². The summed E-state index contributed by atoms with van der Waals surface area (Å²) in [6, 6.07) is 7.44. The number of carbonyl (C=O) groups is 3. The lowest BCUT2D eigenvalue weighted by atomic mass is 9.70. The lowest BCUT2D eigenvalue weighted by Gasteiger charge is -2.45. The number of hydrogen-bond donors (Lipinski definition) is 1. The smallest absolute Gasteiger partial charge is 0.245 e. The molecule has 1 aromatic rings. The topological polar surface area (TPSA) is 69.7 Å². The first kappa shape index (κ1) is 24.6. The third-order valence-corrected chi connectivity index (χ3v) is 7.30.